The molecule has 4 unspecified atom stereocenters. The zero-order valence-corrected chi connectivity index (χ0v) is 13.3. The number of rotatable bonds is 6. The predicted octanol–water partition coefficient (Wildman–Crippen LogP) is 3.99. The van der Waals surface area contributed by atoms with Gasteiger partial charge in [-0.1, -0.05) is 20.8 Å². The highest BCUT2D eigenvalue weighted by Gasteiger charge is 2.26. The molecule has 1 aliphatic carbocycles. The quantitative estimate of drug-likeness (QED) is 0.774. The summed E-state index contributed by atoms with van der Waals surface area (Å²) < 4.78 is 6.19. The molecular weight excluding hydrogens is 222 g/mol. The van der Waals surface area contributed by atoms with Crippen LogP contribution in [0.4, 0.5) is 0 Å². The van der Waals surface area contributed by atoms with Crippen LogP contribution in [-0.4, -0.2) is 24.3 Å². The van der Waals surface area contributed by atoms with Crippen molar-refractivity contribution in [3.8, 4) is 0 Å². The van der Waals surface area contributed by atoms with E-state index in [0.717, 1.165) is 24.8 Å². The lowest BCUT2D eigenvalue weighted by Crippen LogP contribution is -2.43. The third kappa shape index (κ3) is 5.27. The van der Waals surface area contributed by atoms with E-state index in [1.54, 1.807) is 0 Å². The van der Waals surface area contributed by atoms with Gasteiger partial charge in [0.1, 0.15) is 0 Å². The Bertz CT molecular complexity index is 239. The third-order valence-corrected chi connectivity index (χ3v) is 4.73. The van der Waals surface area contributed by atoms with E-state index in [9.17, 15) is 0 Å². The fourth-order valence-electron chi connectivity index (χ4n) is 2.54. The predicted molar refractivity (Wildman–Crippen MR) is 78.9 cm³/mol. The molecule has 0 amide bonds. The van der Waals surface area contributed by atoms with Crippen LogP contribution in [0.5, 0.6) is 0 Å². The molecule has 1 saturated carbocycles. The number of hydrogen-bond donors (Lipinski definition) is 1. The van der Waals surface area contributed by atoms with Crippen molar-refractivity contribution >= 4 is 0 Å². The summed E-state index contributed by atoms with van der Waals surface area (Å²) >= 11 is 0. The van der Waals surface area contributed by atoms with Crippen molar-refractivity contribution in [2.24, 2.45) is 11.8 Å². The van der Waals surface area contributed by atoms with Crippen LogP contribution in [0, 0.1) is 11.8 Å². The van der Waals surface area contributed by atoms with E-state index in [2.05, 4.69) is 46.9 Å². The van der Waals surface area contributed by atoms with Gasteiger partial charge in [-0.25, -0.2) is 0 Å². The van der Waals surface area contributed by atoms with E-state index in [4.69, 9.17) is 4.74 Å². The van der Waals surface area contributed by atoms with Crippen LogP contribution in [0.25, 0.3) is 0 Å². The first kappa shape index (κ1) is 16.0. The van der Waals surface area contributed by atoms with E-state index >= 15 is 0 Å². The molecule has 0 heterocycles. The lowest BCUT2D eigenvalue weighted by Gasteiger charge is -2.34. The Morgan fingerprint density at radius 1 is 1.22 bits per heavy atom. The molecule has 1 rings (SSSR count). The molecule has 0 aliphatic heterocycles. The van der Waals surface area contributed by atoms with Gasteiger partial charge in [0.25, 0.3) is 0 Å². The summed E-state index contributed by atoms with van der Waals surface area (Å²) in [7, 11) is 0. The topological polar surface area (TPSA) is 21.3 Å². The van der Waals surface area contributed by atoms with Gasteiger partial charge in [-0.2, -0.15) is 0 Å². The average Bonchev–Trinajstić information content (AvgIpc) is 2.32. The van der Waals surface area contributed by atoms with Gasteiger partial charge in [0.05, 0.1) is 12.2 Å². The highest BCUT2D eigenvalue weighted by molar-refractivity contribution is 4.79. The highest BCUT2D eigenvalue weighted by Crippen LogP contribution is 2.31. The third-order valence-electron chi connectivity index (χ3n) is 4.73. The summed E-state index contributed by atoms with van der Waals surface area (Å²) in [5, 5.41) is 3.59. The van der Waals surface area contributed by atoms with E-state index in [1.165, 1.54) is 19.3 Å². The van der Waals surface area contributed by atoms with Crippen LogP contribution in [0.3, 0.4) is 0 Å². The van der Waals surface area contributed by atoms with Crippen molar-refractivity contribution < 1.29 is 4.74 Å². The van der Waals surface area contributed by atoms with Gasteiger partial charge in [0.2, 0.25) is 0 Å². The Hall–Kier alpha value is -0.0800. The minimum absolute atomic E-state index is 0.228. The first-order valence-corrected chi connectivity index (χ1v) is 7.74. The summed E-state index contributed by atoms with van der Waals surface area (Å²) in [6.45, 7) is 14.6. The maximum atomic E-state index is 6.19. The maximum absolute atomic E-state index is 6.19. The maximum Gasteiger partial charge on any atom is 0.0675 e. The van der Waals surface area contributed by atoms with Crippen LogP contribution in [0.1, 0.15) is 67.2 Å². The summed E-state index contributed by atoms with van der Waals surface area (Å²) in [5.41, 5.74) is 0.228. The van der Waals surface area contributed by atoms with Crippen molar-refractivity contribution in [1.82, 2.24) is 5.32 Å². The highest BCUT2D eigenvalue weighted by atomic mass is 16.5. The molecule has 0 radical (unpaired) electrons. The molecule has 1 fully saturated rings. The molecule has 1 N–H and O–H groups in total. The fourth-order valence-corrected chi connectivity index (χ4v) is 2.54. The Kier molecular flexibility index (Phi) is 6.13. The molecule has 2 heteroatoms. The van der Waals surface area contributed by atoms with Crippen LogP contribution < -0.4 is 5.32 Å². The normalized spacial score (nSPS) is 31.3. The van der Waals surface area contributed by atoms with Crippen molar-refractivity contribution in [3.05, 3.63) is 0 Å². The number of nitrogens with one attached hydrogen (secondary N) is 1. The van der Waals surface area contributed by atoms with Gasteiger partial charge in [0.15, 0.2) is 0 Å². The summed E-state index contributed by atoms with van der Waals surface area (Å²) in [4.78, 5) is 0. The van der Waals surface area contributed by atoms with E-state index in [1.807, 2.05) is 0 Å². The summed E-state index contributed by atoms with van der Waals surface area (Å²) in [6.07, 6.45) is 5.76. The second-order valence-electron chi connectivity index (χ2n) is 6.95. The van der Waals surface area contributed by atoms with Gasteiger partial charge in [-0.05, 0) is 58.3 Å². The lowest BCUT2D eigenvalue weighted by atomic mass is 9.80. The fraction of sp³-hybridized carbons (Fsp3) is 1.00. The van der Waals surface area contributed by atoms with Crippen molar-refractivity contribution in [1.29, 1.82) is 0 Å². The molecule has 0 aromatic heterocycles. The van der Waals surface area contributed by atoms with Gasteiger partial charge in [0, 0.05) is 12.1 Å². The Balaban J connectivity index is 2.26. The zero-order chi connectivity index (χ0) is 13.8. The van der Waals surface area contributed by atoms with E-state index in [-0.39, 0.29) is 5.54 Å². The molecule has 1 aliphatic rings. The Morgan fingerprint density at radius 2 is 1.89 bits per heavy atom. The minimum atomic E-state index is 0.228. The van der Waals surface area contributed by atoms with Crippen molar-refractivity contribution in [2.45, 2.75) is 85.0 Å². The SMILES string of the molecule is CCC(C)(C)NCC(C)OC1CCC(C)C(C)C1. The van der Waals surface area contributed by atoms with E-state index in [0.29, 0.717) is 12.2 Å². The molecule has 0 aromatic carbocycles. The second kappa shape index (κ2) is 6.91. The average molecular weight is 255 g/mol. The number of hydrogen-bond acceptors (Lipinski definition) is 2. The zero-order valence-electron chi connectivity index (χ0n) is 13.3. The van der Waals surface area contributed by atoms with E-state index < -0.39 is 0 Å². The second-order valence-corrected chi connectivity index (χ2v) is 6.95. The Labute approximate surface area is 114 Å². The van der Waals surface area contributed by atoms with Crippen LogP contribution in [-0.2, 0) is 4.74 Å². The largest absolute Gasteiger partial charge is 0.374 e. The molecule has 0 spiro atoms. The standard InChI is InChI=1S/C16H33NO/c1-7-16(5,6)17-11-14(4)18-15-9-8-12(2)13(3)10-15/h12-15,17H,7-11H2,1-6H3. The van der Waals surface area contributed by atoms with Crippen LogP contribution in [0.15, 0.2) is 0 Å². The Morgan fingerprint density at radius 3 is 2.44 bits per heavy atom. The van der Waals surface area contributed by atoms with Crippen LogP contribution in [0.2, 0.25) is 0 Å². The van der Waals surface area contributed by atoms with Crippen LogP contribution >= 0.6 is 0 Å². The van der Waals surface area contributed by atoms with Crippen molar-refractivity contribution in [2.75, 3.05) is 6.54 Å². The van der Waals surface area contributed by atoms with Gasteiger partial charge in [-0.15, -0.1) is 0 Å². The van der Waals surface area contributed by atoms with Gasteiger partial charge < -0.3 is 10.1 Å². The molecule has 0 saturated heterocycles. The molecule has 108 valence electrons. The molecule has 4 atom stereocenters. The molecule has 2 nitrogen and oxygen atoms in total. The summed E-state index contributed by atoms with van der Waals surface area (Å²) in [6, 6.07) is 0. The lowest BCUT2D eigenvalue weighted by molar-refractivity contribution is -0.0404. The first-order valence-electron chi connectivity index (χ1n) is 7.74. The first-order chi connectivity index (χ1) is 8.34. The molecule has 0 bridgehead atoms. The molecule has 0 aromatic rings. The monoisotopic (exact) mass is 255 g/mol. The number of ether oxygens (including phenoxy) is 1. The van der Waals surface area contributed by atoms with Crippen molar-refractivity contribution in [3.63, 3.8) is 0 Å². The molecule has 18 heavy (non-hydrogen) atoms. The van der Waals surface area contributed by atoms with Gasteiger partial charge >= 0.3 is 0 Å². The molecular formula is C16H33NO. The smallest absolute Gasteiger partial charge is 0.0675 e. The minimum Gasteiger partial charge on any atom is -0.374 e. The van der Waals surface area contributed by atoms with Gasteiger partial charge in [-0.3, -0.25) is 0 Å². The summed E-state index contributed by atoms with van der Waals surface area (Å²) in [5.74, 6) is 1.69.